The number of nitrogens with zero attached hydrogens (tertiary/aromatic N) is 2. The summed E-state index contributed by atoms with van der Waals surface area (Å²) in [5.74, 6) is 0.218. The molecule has 0 saturated carbocycles. The van der Waals surface area contributed by atoms with Crippen molar-refractivity contribution in [3.05, 3.63) is 57.4 Å². The number of hydrogen-bond donors (Lipinski definition) is 1. The van der Waals surface area contributed by atoms with Crippen LogP contribution in [0.5, 0.6) is 0 Å². The largest absolute Gasteiger partial charge is 0.338 e. The lowest BCUT2D eigenvalue weighted by molar-refractivity contribution is 0.0684. The van der Waals surface area contributed by atoms with Gasteiger partial charge in [0.05, 0.1) is 16.8 Å². The van der Waals surface area contributed by atoms with Crippen LogP contribution in [0.3, 0.4) is 0 Å². The number of hydrogen-bond acceptors (Lipinski definition) is 3. The molecule has 2 heterocycles. The van der Waals surface area contributed by atoms with Gasteiger partial charge in [-0.2, -0.15) is 0 Å². The highest BCUT2D eigenvalue weighted by Crippen LogP contribution is 2.24. The number of rotatable bonds is 3. The van der Waals surface area contributed by atoms with Gasteiger partial charge in [0.1, 0.15) is 0 Å². The molecule has 1 N–H and O–H groups in total. The third kappa shape index (κ3) is 4.36. The third-order valence-electron chi connectivity index (χ3n) is 4.33. The van der Waals surface area contributed by atoms with Crippen LogP contribution in [0.2, 0.25) is 0 Å². The zero-order valence-corrected chi connectivity index (χ0v) is 16.2. The topological polar surface area (TPSA) is 62.3 Å². The molecule has 1 aliphatic heterocycles. The van der Waals surface area contributed by atoms with E-state index in [-0.39, 0.29) is 11.8 Å². The molecule has 2 amide bonds. The summed E-state index contributed by atoms with van der Waals surface area (Å²) in [7, 11) is 0. The number of carbonyl (C=O) groups excluding carboxylic acids is 2. The highest BCUT2D eigenvalue weighted by molar-refractivity contribution is 14.1. The average Bonchev–Trinajstić information content (AvgIpc) is 2.63. The van der Waals surface area contributed by atoms with Gasteiger partial charge in [-0.25, -0.2) is 0 Å². The maximum atomic E-state index is 13.0. The molecule has 2 aromatic rings. The molecule has 1 atom stereocenters. The van der Waals surface area contributed by atoms with E-state index in [9.17, 15) is 9.59 Å². The van der Waals surface area contributed by atoms with E-state index in [2.05, 4.69) is 39.8 Å². The molecule has 1 saturated heterocycles. The zero-order valence-electron chi connectivity index (χ0n) is 14.0. The number of likely N-dealkylation sites (tertiary alicyclic amines) is 1. The summed E-state index contributed by atoms with van der Waals surface area (Å²) in [6.07, 6.45) is 5.30. The first kappa shape index (κ1) is 17.8. The van der Waals surface area contributed by atoms with Gasteiger partial charge >= 0.3 is 0 Å². The molecular formula is C19H20IN3O2. The lowest BCUT2D eigenvalue weighted by Gasteiger charge is -2.31. The summed E-state index contributed by atoms with van der Waals surface area (Å²) in [5.41, 5.74) is 1.54. The number of nitrogens with one attached hydrogen (secondary N) is 1. The van der Waals surface area contributed by atoms with E-state index in [1.807, 2.05) is 17.0 Å². The second kappa shape index (κ2) is 7.95. The van der Waals surface area contributed by atoms with Crippen molar-refractivity contribution in [2.45, 2.75) is 19.8 Å². The van der Waals surface area contributed by atoms with E-state index >= 15 is 0 Å². The SMILES string of the molecule is CC1CCCN(C(=O)c2cc(I)ccc2NC(=O)c2cccnc2)C1. The Bertz CT molecular complexity index is 779. The molecule has 3 rings (SSSR count). The molecule has 5 nitrogen and oxygen atoms in total. The Morgan fingerprint density at radius 1 is 1.32 bits per heavy atom. The van der Waals surface area contributed by atoms with Crippen LogP contribution in [-0.2, 0) is 0 Å². The number of benzene rings is 1. The normalized spacial score (nSPS) is 17.2. The summed E-state index contributed by atoms with van der Waals surface area (Å²) in [6.45, 7) is 3.70. The van der Waals surface area contributed by atoms with Crippen molar-refractivity contribution >= 4 is 40.1 Å². The van der Waals surface area contributed by atoms with Gasteiger partial charge < -0.3 is 10.2 Å². The number of pyridine rings is 1. The van der Waals surface area contributed by atoms with E-state index in [0.29, 0.717) is 22.7 Å². The Kier molecular flexibility index (Phi) is 5.67. The minimum Gasteiger partial charge on any atom is -0.338 e. The van der Waals surface area contributed by atoms with Gasteiger partial charge in [0, 0.05) is 29.1 Å². The minimum atomic E-state index is -0.268. The van der Waals surface area contributed by atoms with Crippen LogP contribution in [0.25, 0.3) is 0 Å². The Morgan fingerprint density at radius 2 is 2.16 bits per heavy atom. The van der Waals surface area contributed by atoms with Gasteiger partial charge in [-0.1, -0.05) is 6.92 Å². The van der Waals surface area contributed by atoms with Crippen molar-refractivity contribution in [2.75, 3.05) is 18.4 Å². The highest BCUT2D eigenvalue weighted by atomic mass is 127. The number of halogens is 1. The molecule has 0 radical (unpaired) electrons. The van der Waals surface area contributed by atoms with E-state index < -0.39 is 0 Å². The Morgan fingerprint density at radius 3 is 2.88 bits per heavy atom. The highest BCUT2D eigenvalue weighted by Gasteiger charge is 2.24. The Balaban J connectivity index is 1.85. The second-order valence-corrected chi connectivity index (χ2v) is 7.63. The van der Waals surface area contributed by atoms with Gasteiger partial charge in [-0.05, 0) is 71.7 Å². The van der Waals surface area contributed by atoms with Gasteiger partial charge in [-0.15, -0.1) is 0 Å². The van der Waals surface area contributed by atoms with Crippen LogP contribution in [0.1, 0.15) is 40.5 Å². The fourth-order valence-corrected chi connectivity index (χ4v) is 3.53. The third-order valence-corrected chi connectivity index (χ3v) is 5.00. The lowest BCUT2D eigenvalue weighted by Crippen LogP contribution is -2.39. The Hall–Kier alpha value is -1.96. The molecule has 1 aliphatic rings. The molecule has 1 aromatic heterocycles. The first-order valence-corrected chi connectivity index (χ1v) is 9.42. The summed E-state index contributed by atoms with van der Waals surface area (Å²) in [6, 6.07) is 8.92. The Labute approximate surface area is 161 Å². The van der Waals surface area contributed by atoms with Crippen LogP contribution >= 0.6 is 22.6 Å². The maximum Gasteiger partial charge on any atom is 0.257 e. The van der Waals surface area contributed by atoms with Crippen molar-refractivity contribution in [1.29, 1.82) is 0 Å². The predicted molar refractivity (Wildman–Crippen MR) is 106 cm³/mol. The molecule has 25 heavy (non-hydrogen) atoms. The molecule has 0 spiro atoms. The maximum absolute atomic E-state index is 13.0. The number of carbonyl (C=O) groups is 2. The minimum absolute atomic E-state index is 0.0217. The van der Waals surface area contributed by atoms with E-state index in [1.54, 1.807) is 24.4 Å². The fraction of sp³-hybridized carbons (Fsp3) is 0.316. The standard InChI is InChI=1S/C19H20IN3O2/c1-13-4-3-9-23(12-13)19(25)16-10-15(20)6-7-17(16)22-18(24)14-5-2-8-21-11-14/h2,5-8,10-11,13H,3-4,9,12H2,1H3,(H,22,24). The van der Waals surface area contributed by atoms with Gasteiger partial charge in [0.15, 0.2) is 0 Å². The molecule has 1 aromatic carbocycles. The first-order valence-electron chi connectivity index (χ1n) is 8.35. The van der Waals surface area contributed by atoms with Crippen LogP contribution < -0.4 is 5.32 Å². The number of anilines is 1. The van der Waals surface area contributed by atoms with Gasteiger partial charge in [0.25, 0.3) is 11.8 Å². The second-order valence-electron chi connectivity index (χ2n) is 6.38. The van der Waals surface area contributed by atoms with Crippen LogP contribution in [0, 0.1) is 9.49 Å². The number of aromatic nitrogens is 1. The van der Waals surface area contributed by atoms with Gasteiger partial charge in [0.2, 0.25) is 0 Å². The molecule has 130 valence electrons. The summed E-state index contributed by atoms with van der Waals surface area (Å²) < 4.78 is 0.963. The van der Waals surface area contributed by atoms with E-state index in [4.69, 9.17) is 0 Å². The van der Waals surface area contributed by atoms with Gasteiger partial charge in [-0.3, -0.25) is 14.6 Å². The monoisotopic (exact) mass is 449 g/mol. The molecule has 1 fully saturated rings. The molecule has 0 bridgehead atoms. The molecule has 6 heteroatoms. The number of amides is 2. The summed E-state index contributed by atoms with van der Waals surface area (Å²) in [5, 5.41) is 2.86. The predicted octanol–water partition coefficient (Wildman–Crippen LogP) is 3.81. The number of piperidine rings is 1. The van der Waals surface area contributed by atoms with Crippen LogP contribution in [-0.4, -0.2) is 34.8 Å². The quantitative estimate of drug-likeness (QED) is 0.726. The van der Waals surface area contributed by atoms with Crippen LogP contribution in [0.15, 0.2) is 42.7 Å². The molecular weight excluding hydrogens is 429 g/mol. The summed E-state index contributed by atoms with van der Waals surface area (Å²) in [4.78, 5) is 31.3. The van der Waals surface area contributed by atoms with Crippen molar-refractivity contribution < 1.29 is 9.59 Å². The van der Waals surface area contributed by atoms with Crippen molar-refractivity contribution in [3.8, 4) is 0 Å². The molecule has 1 unspecified atom stereocenters. The molecule has 0 aliphatic carbocycles. The summed E-state index contributed by atoms with van der Waals surface area (Å²) >= 11 is 2.18. The lowest BCUT2D eigenvalue weighted by atomic mass is 9.99. The van der Waals surface area contributed by atoms with Crippen molar-refractivity contribution in [2.24, 2.45) is 5.92 Å². The van der Waals surface area contributed by atoms with Crippen molar-refractivity contribution in [3.63, 3.8) is 0 Å². The van der Waals surface area contributed by atoms with E-state index in [1.165, 1.54) is 6.20 Å². The fourth-order valence-electron chi connectivity index (χ4n) is 3.04. The van der Waals surface area contributed by atoms with Crippen LogP contribution in [0.4, 0.5) is 5.69 Å². The van der Waals surface area contributed by atoms with Crippen molar-refractivity contribution in [1.82, 2.24) is 9.88 Å². The smallest absolute Gasteiger partial charge is 0.257 e. The van der Waals surface area contributed by atoms with E-state index in [0.717, 1.165) is 29.5 Å². The first-order chi connectivity index (χ1) is 12.0. The average molecular weight is 449 g/mol. The zero-order chi connectivity index (χ0) is 17.8.